The molecule has 156 valence electrons. The van der Waals surface area contributed by atoms with Crippen LogP contribution in [-0.4, -0.2) is 4.98 Å². The van der Waals surface area contributed by atoms with Crippen molar-refractivity contribution in [2.24, 2.45) is 5.92 Å². The van der Waals surface area contributed by atoms with E-state index in [1.54, 1.807) is 0 Å². The Bertz CT molecular complexity index is 1420. The summed E-state index contributed by atoms with van der Waals surface area (Å²) in [6.45, 7) is 11.5. The van der Waals surface area contributed by atoms with Gasteiger partial charge in [-0.3, -0.25) is 4.98 Å². The van der Waals surface area contributed by atoms with Gasteiger partial charge < -0.3 is 0 Å². The van der Waals surface area contributed by atoms with Crippen molar-refractivity contribution in [3.63, 3.8) is 0 Å². The number of hydrogen-bond donors (Lipinski definition) is 0. The van der Waals surface area contributed by atoms with Crippen LogP contribution < -0.4 is 0 Å². The summed E-state index contributed by atoms with van der Waals surface area (Å²) in [5.74, 6) is 0.642. The molecule has 0 spiro atoms. The summed E-state index contributed by atoms with van der Waals surface area (Å²) < 4.78 is 2.71. The second-order valence-electron chi connectivity index (χ2n) is 10.0. The van der Waals surface area contributed by atoms with Crippen LogP contribution in [0.3, 0.4) is 0 Å². The maximum absolute atomic E-state index is 4.90. The molecule has 0 bridgehead atoms. The fourth-order valence-electron chi connectivity index (χ4n) is 4.66. The van der Waals surface area contributed by atoms with Gasteiger partial charge in [0.1, 0.15) is 0 Å². The van der Waals surface area contributed by atoms with Crippen LogP contribution in [0.25, 0.3) is 42.2 Å². The van der Waals surface area contributed by atoms with Crippen LogP contribution in [0, 0.1) is 5.92 Å². The lowest BCUT2D eigenvalue weighted by Crippen LogP contribution is -2.12. The molecule has 0 radical (unpaired) electrons. The van der Waals surface area contributed by atoms with E-state index in [9.17, 15) is 0 Å². The molecular formula is C29H29NS. The summed E-state index contributed by atoms with van der Waals surface area (Å²) in [5, 5.41) is 5.30. The lowest BCUT2D eigenvalue weighted by Gasteiger charge is -2.22. The lowest BCUT2D eigenvalue weighted by atomic mass is 9.82. The average molecular weight is 424 g/mol. The molecule has 0 aliphatic heterocycles. The van der Waals surface area contributed by atoms with E-state index in [0.717, 1.165) is 12.1 Å². The minimum Gasteiger partial charge on any atom is -0.255 e. The normalized spacial score (nSPS) is 12.5. The zero-order valence-corrected chi connectivity index (χ0v) is 19.8. The highest BCUT2D eigenvalue weighted by atomic mass is 32.1. The molecular weight excluding hydrogens is 394 g/mol. The van der Waals surface area contributed by atoms with Gasteiger partial charge in [0, 0.05) is 27.2 Å². The molecule has 0 aliphatic rings. The van der Waals surface area contributed by atoms with Crippen molar-refractivity contribution >= 4 is 42.3 Å². The minimum atomic E-state index is 0.0636. The summed E-state index contributed by atoms with van der Waals surface area (Å²) in [6.07, 6.45) is 3.09. The Morgan fingerprint density at radius 1 is 0.839 bits per heavy atom. The molecule has 2 aromatic heterocycles. The van der Waals surface area contributed by atoms with Crippen LogP contribution in [-0.2, 0) is 11.8 Å². The summed E-state index contributed by atoms with van der Waals surface area (Å²) in [5.41, 5.74) is 5.21. The van der Waals surface area contributed by atoms with E-state index in [4.69, 9.17) is 4.98 Å². The number of nitrogens with zero attached hydrogens (tertiary/aromatic N) is 1. The number of thiophene rings is 1. The third-order valence-corrected chi connectivity index (χ3v) is 7.37. The van der Waals surface area contributed by atoms with Gasteiger partial charge in [-0.25, -0.2) is 0 Å². The van der Waals surface area contributed by atoms with Gasteiger partial charge in [-0.05, 0) is 57.9 Å². The second kappa shape index (κ2) is 7.46. The van der Waals surface area contributed by atoms with Gasteiger partial charge in [0.15, 0.2) is 0 Å². The van der Waals surface area contributed by atoms with Gasteiger partial charge in [-0.2, -0.15) is 0 Å². The van der Waals surface area contributed by atoms with Crippen LogP contribution >= 0.6 is 11.3 Å². The number of benzene rings is 3. The summed E-state index contributed by atoms with van der Waals surface area (Å²) in [4.78, 5) is 4.90. The molecule has 0 saturated carbocycles. The van der Waals surface area contributed by atoms with Crippen molar-refractivity contribution < 1.29 is 0 Å². The third-order valence-electron chi connectivity index (χ3n) is 6.07. The smallest absolute Gasteiger partial charge is 0.0880 e. The summed E-state index contributed by atoms with van der Waals surface area (Å²) >= 11 is 1.91. The van der Waals surface area contributed by atoms with Crippen molar-refractivity contribution in [2.75, 3.05) is 0 Å². The van der Waals surface area contributed by atoms with Crippen LogP contribution in [0.15, 0.2) is 66.9 Å². The van der Waals surface area contributed by atoms with E-state index >= 15 is 0 Å². The van der Waals surface area contributed by atoms with Crippen molar-refractivity contribution in [3.8, 4) is 11.3 Å². The Morgan fingerprint density at radius 2 is 1.58 bits per heavy atom. The predicted octanol–water partition coefficient (Wildman–Crippen LogP) is 8.77. The Balaban J connectivity index is 1.81. The third kappa shape index (κ3) is 3.53. The second-order valence-corrected chi connectivity index (χ2v) is 11.0. The van der Waals surface area contributed by atoms with Crippen molar-refractivity contribution in [3.05, 3.63) is 78.0 Å². The molecule has 0 fully saturated rings. The van der Waals surface area contributed by atoms with E-state index in [1.807, 2.05) is 17.5 Å². The molecule has 3 aromatic carbocycles. The maximum atomic E-state index is 4.90. The topological polar surface area (TPSA) is 12.9 Å². The van der Waals surface area contributed by atoms with Crippen molar-refractivity contribution in [2.45, 2.75) is 46.5 Å². The molecule has 2 heteroatoms. The largest absolute Gasteiger partial charge is 0.255 e. The molecule has 31 heavy (non-hydrogen) atoms. The number of hydrogen-bond acceptors (Lipinski definition) is 2. The maximum Gasteiger partial charge on any atom is 0.0880 e. The van der Waals surface area contributed by atoms with Gasteiger partial charge in [-0.1, -0.05) is 77.1 Å². The highest BCUT2D eigenvalue weighted by Gasteiger charge is 2.20. The SMILES string of the molecule is CC(C)Cc1cccc2c1sc1c(-c3cc(C(C)(C)C)c4ccccc4c3)nccc12. The van der Waals surface area contributed by atoms with E-state index in [2.05, 4.69) is 95.3 Å². The van der Waals surface area contributed by atoms with Crippen molar-refractivity contribution in [1.29, 1.82) is 0 Å². The lowest BCUT2D eigenvalue weighted by molar-refractivity contribution is 0.596. The standard InChI is InChI=1S/C29H29NS/c1-18(2)15-20-10-8-12-23-24-13-14-30-26(28(24)31-27(20)23)21-16-19-9-6-7-11-22(19)25(17-21)29(3,4)5/h6-14,16-18H,15H2,1-5H3. The van der Waals surface area contributed by atoms with Gasteiger partial charge in [0.25, 0.3) is 0 Å². The number of fused-ring (bicyclic) bond motifs is 4. The number of rotatable bonds is 3. The first-order valence-corrected chi connectivity index (χ1v) is 12.0. The predicted molar refractivity (Wildman–Crippen MR) is 137 cm³/mol. The van der Waals surface area contributed by atoms with Gasteiger partial charge in [0.05, 0.1) is 10.4 Å². The van der Waals surface area contributed by atoms with Gasteiger partial charge in [0.2, 0.25) is 0 Å². The minimum absolute atomic E-state index is 0.0636. The van der Waals surface area contributed by atoms with Gasteiger partial charge >= 0.3 is 0 Å². The first-order chi connectivity index (χ1) is 14.8. The monoisotopic (exact) mass is 423 g/mol. The molecule has 0 amide bonds. The molecule has 0 atom stereocenters. The molecule has 2 heterocycles. The average Bonchev–Trinajstić information content (AvgIpc) is 3.12. The molecule has 1 nitrogen and oxygen atoms in total. The number of aromatic nitrogens is 1. The first-order valence-electron chi connectivity index (χ1n) is 11.2. The first kappa shape index (κ1) is 20.2. The Kier molecular flexibility index (Phi) is 4.86. The van der Waals surface area contributed by atoms with Crippen LogP contribution in [0.1, 0.15) is 45.7 Å². The zero-order chi connectivity index (χ0) is 21.8. The zero-order valence-electron chi connectivity index (χ0n) is 19.0. The van der Waals surface area contributed by atoms with Crippen molar-refractivity contribution in [1.82, 2.24) is 4.98 Å². The van der Waals surface area contributed by atoms with E-state index in [-0.39, 0.29) is 5.41 Å². The van der Waals surface area contributed by atoms with Crippen LogP contribution in [0.4, 0.5) is 0 Å². The van der Waals surface area contributed by atoms with Crippen LogP contribution in [0.5, 0.6) is 0 Å². The van der Waals surface area contributed by atoms with E-state index in [0.29, 0.717) is 5.92 Å². The molecule has 5 aromatic rings. The fourth-order valence-corrected chi connectivity index (χ4v) is 5.99. The molecule has 0 unspecified atom stereocenters. The molecule has 0 aliphatic carbocycles. The molecule has 0 N–H and O–H groups in total. The highest BCUT2D eigenvalue weighted by molar-refractivity contribution is 7.26. The Morgan fingerprint density at radius 3 is 2.35 bits per heavy atom. The Hall–Kier alpha value is -2.71. The molecule has 5 rings (SSSR count). The van der Waals surface area contributed by atoms with E-state index in [1.165, 1.54) is 47.6 Å². The quantitative estimate of drug-likeness (QED) is 0.282. The summed E-state index contributed by atoms with van der Waals surface area (Å²) in [7, 11) is 0. The number of pyridine rings is 1. The summed E-state index contributed by atoms with van der Waals surface area (Å²) in [6, 6.07) is 22.4. The highest BCUT2D eigenvalue weighted by Crippen LogP contribution is 2.42. The fraction of sp³-hybridized carbons (Fsp3) is 0.276. The van der Waals surface area contributed by atoms with E-state index < -0.39 is 0 Å². The Labute approximate surface area is 188 Å². The van der Waals surface area contributed by atoms with Gasteiger partial charge in [-0.15, -0.1) is 11.3 Å². The van der Waals surface area contributed by atoms with Crippen LogP contribution in [0.2, 0.25) is 0 Å². The molecule has 0 saturated heterocycles.